The Kier molecular flexibility index (Phi) is 4.24. The number of methoxy groups -OCH3 is 1. The second kappa shape index (κ2) is 5.91. The van der Waals surface area contributed by atoms with Gasteiger partial charge in [-0.2, -0.15) is 0 Å². The smallest absolute Gasteiger partial charge is 0.308 e. The van der Waals surface area contributed by atoms with Crippen molar-refractivity contribution in [3.8, 4) is 0 Å². The predicted octanol–water partition coefficient (Wildman–Crippen LogP) is 2.05. The number of amides is 1. The quantitative estimate of drug-likeness (QED) is 0.849. The van der Waals surface area contributed by atoms with E-state index in [2.05, 4.69) is 5.32 Å². The summed E-state index contributed by atoms with van der Waals surface area (Å²) in [5.74, 6) is 0.359. The number of ether oxygens (including phenoxy) is 1. The van der Waals surface area contributed by atoms with Gasteiger partial charge in [0.25, 0.3) is 5.91 Å². The summed E-state index contributed by atoms with van der Waals surface area (Å²) < 4.78 is 9.86. The number of aryl methyl sites for hydroxylation is 1. The van der Waals surface area contributed by atoms with Crippen molar-refractivity contribution in [1.29, 1.82) is 0 Å². The molecule has 5 heteroatoms. The van der Waals surface area contributed by atoms with Crippen LogP contribution in [0.15, 0.2) is 16.7 Å². The number of hydrogen-bond donors (Lipinski definition) is 1. The van der Waals surface area contributed by atoms with Crippen LogP contribution in [-0.4, -0.2) is 25.0 Å². The standard InChI is InChI=1S/C14H19NO4/c1-9-12(7-8-19-9)13(16)15-11-5-3-10(4-6-11)14(17)18-2/h7-8,10-11H,3-6H2,1-2H3,(H,15,16). The third-order valence-corrected chi connectivity index (χ3v) is 3.70. The van der Waals surface area contributed by atoms with Crippen molar-refractivity contribution in [2.75, 3.05) is 7.11 Å². The Morgan fingerprint density at radius 3 is 2.53 bits per heavy atom. The Balaban J connectivity index is 1.85. The van der Waals surface area contributed by atoms with Gasteiger partial charge in [0.05, 0.1) is 24.9 Å². The molecule has 0 aliphatic heterocycles. The van der Waals surface area contributed by atoms with Crippen LogP contribution in [0.2, 0.25) is 0 Å². The Hall–Kier alpha value is -1.78. The highest BCUT2D eigenvalue weighted by Crippen LogP contribution is 2.25. The normalized spacial score (nSPS) is 22.8. The number of nitrogens with one attached hydrogen (secondary N) is 1. The molecule has 1 fully saturated rings. The van der Waals surface area contributed by atoms with Gasteiger partial charge in [0.2, 0.25) is 0 Å². The summed E-state index contributed by atoms with van der Waals surface area (Å²) in [5, 5.41) is 2.99. The van der Waals surface area contributed by atoms with Gasteiger partial charge in [-0.3, -0.25) is 9.59 Å². The average Bonchev–Trinajstić information content (AvgIpc) is 2.85. The lowest BCUT2D eigenvalue weighted by Crippen LogP contribution is -2.39. The molecule has 0 saturated heterocycles. The molecule has 2 rings (SSSR count). The van der Waals surface area contributed by atoms with Crippen LogP contribution in [0.5, 0.6) is 0 Å². The van der Waals surface area contributed by atoms with Crippen molar-refractivity contribution in [1.82, 2.24) is 5.32 Å². The second-order valence-corrected chi connectivity index (χ2v) is 4.94. The molecule has 0 spiro atoms. The van der Waals surface area contributed by atoms with E-state index in [9.17, 15) is 9.59 Å². The van der Waals surface area contributed by atoms with Crippen molar-refractivity contribution in [3.05, 3.63) is 23.7 Å². The number of rotatable bonds is 3. The first-order valence-corrected chi connectivity index (χ1v) is 6.54. The largest absolute Gasteiger partial charge is 0.469 e. The average molecular weight is 265 g/mol. The van der Waals surface area contributed by atoms with Gasteiger partial charge in [0.15, 0.2) is 0 Å². The van der Waals surface area contributed by atoms with Crippen LogP contribution < -0.4 is 5.32 Å². The van der Waals surface area contributed by atoms with E-state index >= 15 is 0 Å². The molecular formula is C14H19NO4. The van der Waals surface area contributed by atoms with Crippen LogP contribution in [0.25, 0.3) is 0 Å². The Morgan fingerprint density at radius 2 is 2.00 bits per heavy atom. The number of hydrogen-bond acceptors (Lipinski definition) is 4. The lowest BCUT2D eigenvalue weighted by atomic mass is 9.86. The minimum absolute atomic E-state index is 0.0196. The summed E-state index contributed by atoms with van der Waals surface area (Å²) in [7, 11) is 1.41. The van der Waals surface area contributed by atoms with E-state index in [0.717, 1.165) is 25.7 Å². The molecule has 5 nitrogen and oxygen atoms in total. The zero-order valence-corrected chi connectivity index (χ0v) is 11.3. The first kappa shape index (κ1) is 13.6. The fourth-order valence-corrected chi connectivity index (χ4v) is 2.52. The SMILES string of the molecule is COC(=O)C1CCC(NC(=O)c2ccoc2C)CC1. The molecule has 0 aromatic carbocycles. The molecule has 0 atom stereocenters. The van der Waals surface area contributed by atoms with Gasteiger partial charge in [0, 0.05) is 6.04 Å². The van der Waals surface area contributed by atoms with Crippen molar-refractivity contribution < 1.29 is 18.7 Å². The highest BCUT2D eigenvalue weighted by molar-refractivity contribution is 5.95. The molecule has 0 radical (unpaired) electrons. The van der Waals surface area contributed by atoms with E-state index in [0.29, 0.717) is 11.3 Å². The van der Waals surface area contributed by atoms with Crippen molar-refractivity contribution in [2.24, 2.45) is 5.92 Å². The molecule has 0 bridgehead atoms. The first-order valence-electron chi connectivity index (χ1n) is 6.54. The molecule has 1 saturated carbocycles. The molecule has 1 aromatic rings. The predicted molar refractivity (Wildman–Crippen MR) is 68.7 cm³/mol. The molecule has 0 unspecified atom stereocenters. The van der Waals surface area contributed by atoms with Gasteiger partial charge >= 0.3 is 5.97 Å². The zero-order chi connectivity index (χ0) is 13.8. The number of carbonyl (C=O) groups is 2. The maximum Gasteiger partial charge on any atom is 0.308 e. The van der Waals surface area contributed by atoms with E-state index in [1.54, 1.807) is 13.0 Å². The highest BCUT2D eigenvalue weighted by atomic mass is 16.5. The van der Waals surface area contributed by atoms with Crippen LogP contribution in [0.1, 0.15) is 41.8 Å². The molecule has 1 aliphatic rings. The van der Waals surface area contributed by atoms with E-state index < -0.39 is 0 Å². The second-order valence-electron chi connectivity index (χ2n) is 4.94. The summed E-state index contributed by atoms with van der Waals surface area (Å²) in [5.41, 5.74) is 0.579. The van der Waals surface area contributed by atoms with E-state index in [1.165, 1.54) is 13.4 Å². The first-order chi connectivity index (χ1) is 9.11. The van der Waals surface area contributed by atoms with Crippen LogP contribution >= 0.6 is 0 Å². The summed E-state index contributed by atoms with van der Waals surface area (Å²) in [6, 6.07) is 1.80. The molecule has 19 heavy (non-hydrogen) atoms. The number of carbonyl (C=O) groups excluding carboxylic acids is 2. The van der Waals surface area contributed by atoms with Gasteiger partial charge in [-0.05, 0) is 38.7 Å². The van der Waals surface area contributed by atoms with E-state index in [-0.39, 0.29) is 23.8 Å². The van der Waals surface area contributed by atoms with Gasteiger partial charge in [-0.15, -0.1) is 0 Å². The Morgan fingerprint density at radius 1 is 1.32 bits per heavy atom. The topological polar surface area (TPSA) is 68.5 Å². The van der Waals surface area contributed by atoms with Gasteiger partial charge < -0.3 is 14.5 Å². The van der Waals surface area contributed by atoms with Gasteiger partial charge in [-0.1, -0.05) is 0 Å². The lowest BCUT2D eigenvalue weighted by Gasteiger charge is -2.27. The highest BCUT2D eigenvalue weighted by Gasteiger charge is 2.28. The molecule has 1 aromatic heterocycles. The van der Waals surface area contributed by atoms with Gasteiger partial charge in [0.1, 0.15) is 5.76 Å². The monoisotopic (exact) mass is 265 g/mol. The molecule has 104 valence electrons. The molecule has 1 amide bonds. The number of furan rings is 1. The Labute approximate surface area is 112 Å². The fourth-order valence-electron chi connectivity index (χ4n) is 2.52. The van der Waals surface area contributed by atoms with Crippen molar-refractivity contribution in [2.45, 2.75) is 38.6 Å². The zero-order valence-electron chi connectivity index (χ0n) is 11.3. The Bertz CT molecular complexity index is 458. The molecule has 1 N–H and O–H groups in total. The van der Waals surface area contributed by atoms with Gasteiger partial charge in [-0.25, -0.2) is 0 Å². The lowest BCUT2D eigenvalue weighted by molar-refractivity contribution is -0.146. The molecule has 1 heterocycles. The third kappa shape index (κ3) is 3.16. The van der Waals surface area contributed by atoms with Crippen LogP contribution in [0.4, 0.5) is 0 Å². The summed E-state index contributed by atoms with van der Waals surface area (Å²) in [6.45, 7) is 1.77. The van der Waals surface area contributed by atoms with E-state index in [1.807, 2.05) is 0 Å². The van der Waals surface area contributed by atoms with E-state index in [4.69, 9.17) is 9.15 Å². The molecule has 1 aliphatic carbocycles. The number of esters is 1. The van der Waals surface area contributed by atoms with Crippen molar-refractivity contribution >= 4 is 11.9 Å². The van der Waals surface area contributed by atoms with Crippen molar-refractivity contribution in [3.63, 3.8) is 0 Å². The van der Waals surface area contributed by atoms with Crippen LogP contribution in [0.3, 0.4) is 0 Å². The maximum absolute atomic E-state index is 12.0. The summed E-state index contributed by atoms with van der Waals surface area (Å²) in [4.78, 5) is 23.4. The van der Waals surface area contributed by atoms with Crippen LogP contribution in [0, 0.1) is 12.8 Å². The fraction of sp³-hybridized carbons (Fsp3) is 0.571. The molecular weight excluding hydrogens is 246 g/mol. The summed E-state index contributed by atoms with van der Waals surface area (Å²) >= 11 is 0. The minimum atomic E-state index is -0.143. The third-order valence-electron chi connectivity index (χ3n) is 3.70. The summed E-state index contributed by atoms with van der Waals surface area (Å²) in [6.07, 6.45) is 4.66. The minimum Gasteiger partial charge on any atom is -0.469 e. The maximum atomic E-state index is 12.0. The van der Waals surface area contributed by atoms with Crippen LogP contribution in [-0.2, 0) is 9.53 Å².